The van der Waals surface area contributed by atoms with E-state index in [1.54, 1.807) is 43.3 Å². The molecule has 0 spiro atoms. The smallest absolute Gasteiger partial charge is 0.308 e. The van der Waals surface area contributed by atoms with Crippen molar-refractivity contribution in [2.45, 2.75) is 38.4 Å². The number of alkyl halides is 2. The summed E-state index contributed by atoms with van der Waals surface area (Å²) in [6, 6.07) is 9.89. The van der Waals surface area contributed by atoms with E-state index in [0.717, 1.165) is 6.92 Å². The molecule has 11 heteroatoms. The zero-order valence-electron chi connectivity index (χ0n) is 18.5. The Morgan fingerprint density at radius 3 is 2.65 bits per heavy atom. The van der Waals surface area contributed by atoms with Gasteiger partial charge in [-0.25, -0.2) is 0 Å². The summed E-state index contributed by atoms with van der Waals surface area (Å²) < 4.78 is 47.1. The molecule has 7 nitrogen and oxygen atoms in total. The molecule has 0 bridgehead atoms. The Morgan fingerprint density at radius 2 is 1.97 bits per heavy atom. The number of hydrogen-bond acceptors (Lipinski definition) is 6. The Labute approximate surface area is 204 Å². The highest BCUT2D eigenvalue weighted by Crippen LogP contribution is 2.46. The topological polar surface area (TPSA) is 75.5 Å². The summed E-state index contributed by atoms with van der Waals surface area (Å²) in [5.74, 6) is -4.07. The average molecular weight is 512 g/mol. The van der Waals surface area contributed by atoms with Crippen molar-refractivity contribution in [1.82, 2.24) is 14.8 Å². The molecule has 1 aliphatic heterocycles. The van der Waals surface area contributed by atoms with Crippen molar-refractivity contribution in [3.8, 4) is 11.4 Å². The van der Waals surface area contributed by atoms with Gasteiger partial charge in [0.15, 0.2) is 5.82 Å². The van der Waals surface area contributed by atoms with Crippen molar-refractivity contribution in [3.05, 3.63) is 69.2 Å². The molecule has 2 heterocycles. The maximum Gasteiger partial charge on any atom is 0.308 e. The highest BCUT2D eigenvalue weighted by Gasteiger charge is 2.41. The molecule has 0 aliphatic carbocycles. The summed E-state index contributed by atoms with van der Waals surface area (Å²) in [5.41, 5.74) is 1.28. The van der Waals surface area contributed by atoms with Crippen LogP contribution in [0.4, 0.5) is 8.78 Å². The Morgan fingerprint density at radius 1 is 1.21 bits per heavy atom. The van der Waals surface area contributed by atoms with E-state index in [9.17, 15) is 13.6 Å². The molecular formula is C23H21Cl2F2N3O4. The Bertz CT molecular complexity index is 1230. The fourth-order valence-corrected chi connectivity index (χ4v) is 4.39. The molecule has 2 aromatic carbocycles. The molecule has 0 unspecified atom stereocenters. The molecule has 3 aromatic rings. The Hall–Kier alpha value is -2.75. The number of ether oxygens (including phenoxy) is 3. The largest absolute Gasteiger partial charge is 0.495 e. The standard InChI is InChI=1S/C23H21Cl2F2N3O4/c1-4-33-18(31)11-17-21-28-29-22(23(2,26)27)30(21)15-9-8-12(24)10-14(15)20(34-17)13-6-5-7-16(32-3)19(13)25/h5-10,17,20H,4,11H2,1-3H3/t17-,20-/m0/s1. The van der Waals surface area contributed by atoms with E-state index in [4.69, 9.17) is 37.4 Å². The summed E-state index contributed by atoms with van der Waals surface area (Å²) in [5, 5.41) is 8.35. The minimum Gasteiger partial charge on any atom is -0.495 e. The maximum atomic E-state index is 14.6. The molecule has 1 aliphatic rings. The Kier molecular flexibility index (Phi) is 6.80. The van der Waals surface area contributed by atoms with Crippen LogP contribution >= 0.6 is 23.2 Å². The first-order valence-electron chi connectivity index (χ1n) is 10.4. The van der Waals surface area contributed by atoms with Gasteiger partial charge in [0, 0.05) is 23.1 Å². The molecule has 1 aromatic heterocycles. The lowest BCUT2D eigenvalue weighted by atomic mass is 9.99. The monoisotopic (exact) mass is 511 g/mol. The summed E-state index contributed by atoms with van der Waals surface area (Å²) in [4.78, 5) is 12.4. The summed E-state index contributed by atoms with van der Waals surface area (Å²) in [6.07, 6.45) is -2.24. The second kappa shape index (κ2) is 9.48. The third kappa shape index (κ3) is 4.47. The SMILES string of the molecule is CCOC(=O)C[C@@H]1O[C@@H](c2cccc(OC)c2Cl)c2cc(Cl)ccc2-n2c1nnc2C(C)(F)F. The average Bonchev–Trinajstić information content (AvgIpc) is 3.18. The van der Waals surface area contributed by atoms with Gasteiger partial charge < -0.3 is 14.2 Å². The lowest BCUT2D eigenvalue weighted by Crippen LogP contribution is -2.19. The van der Waals surface area contributed by atoms with E-state index in [-0.39, 0.29) is 23.9 Å². The van der Waals surface area contributed by atoms with E-state index in [1.165, 1.54) is 11.7 Å². The highest BCUT2D eigenvalue weighted by molar-refractivity contribution is 6.33. The molecule has 0 saturated heterocycles. The first-order valence-corrected chi connectivity index (χ1v) is 11.2. The van der Waals surface area contributed by atoms with Gasteiger partial charge in [0.05, 0.1) is 30.8 Å². The quantitative estimate of drug-likeness (QED) is 0.388. The zero-order chi connectivity index (χ0) is 24.6. The van der Waals surface area contributed by atoms with Crippen molar-refractivity contribution < 1.29 is 27.8 Å². The first kappa shape index (κ1) is 24.4. The molecule has 0 amide bonds. The lowest BCUT2D eigenvalue weighted by Gasteiger charge is -2.24. The predicted molar refractivity (Wildman–Crippen MR) is 121 cm³/mol. The zero-order valence-corrected chi connectivity index (χ0v) is 20.0. The third-order valence-corrected chi connectivity index (χ3v) is 5.97. The number of nitrogens with zero attached hydrogens (tertiary/aromatic N) is 3. The number of methoxy groups -OCH3 is 1. The lowest BCUT2D eigenvalue weighted by molar-refractivity contribution is -0.147. The van der Waals surface area contributed by atoms with Crippen LogP contribution in [0.25, 0.3) is 5.69 Å². The van der Waals surface area contributed by atoms with Crippen LogP contribution < -0.4 is 4.74 Å². The van der Waals surface area contributed by atoms with E-state index in [2.05, 4.69) is 10.2 Å². The summed E-state index contributed by atoms with van der Waals surface area (Å²) in [7, 11) is 1.48. The second-order valence-electron chi connectivity index (χ2n) is 7.69. The van der Waals surface area contributed by atoms with Crippen LogP contribution in [0.2, 0.25) is 10.0 Å². The first-order chi connectivity index (χ1) is 16.2. The van der Waals surface area contributed by atoms with Crippen LogP contribution in [0.3, 0.4) is 0 Å². The van der Waals surface area contributed by atoms with Gasteiger partial charge in [-0.2, -0.15) is 8.78 Å². The van der Waals surface area contributed by atoms with Crippen LogP contribution in [-0.2, 0) is 20.2 Å². The number of carbonyl (C=O) groups is 1. The second-order valence-corrected chi connectivity index (χ2v) is 8.50. The van der Waals surface area contributed by atoms with Crippen molar-refractivity contribution in [3.63, 3.8) is 0 Å². The van der Waals surface area contributed by atoms with Crippen LogP contribution in [0.5, 0.6) is 5.75 Å². The van der Waals surface area contributed by atoms with Gasteiger partial charge >= 0.3 is 11.9 Å². The van der Waals surface area contributed by atoms with Crippen molar-refractivity contribution in [2.24, 2.45) is 0 Å². The van der Waals surface area contributed by atoms with Crippen molar-refractivity contribution in [2.75, 3.05) is 13.7 Å². The summed E-state index contributed by atoms with van der Waals surface area (Å²) in [6.45, 7) is 2.54. The number of hydrogen-bond donors (Lipinski definition) is 0. The van der Waals surface area contributed by atoms with Gasteiger partial charge in [-0.1, -0.05) is 35.3 Å². The van der Waals surface area contributed by atoms with Crippen LogP contribution in [0, 0.1) is 0 Å². The van der Waals surface area contributed by atoms with Gasteiger partial charge in [-0.15, -0.1) is 10.2 Å². The number of esters is 1. The number of carbonyl (C=O) groups excluding carboxylic acids is 1. The van der Waals surface area contributed by atoms with Crippen LogP contribution in [-0.4, -0.2) is 34.5 Å². The third-order valence-electron chi connectivity index (χ3n) is 5.33. The fourth-order valence-electron chi connectivity index (χ4n) is 3.90. The van der Waals surface area contributed by atoms with E-state index in [1.807, 2.05) is 0 Å². The van der Waals surface area contributed by atoms with E-state index < -0.39 is 29.9 Å². The molecule has 34 heavy (non-hydrogen) atoms. The Balaban J connectivity index is 1.98. The number of rotatable bonds is 6. The van der Waals surface area contributed by atoms with Crippen LogP contribution in [0.1, 0.15) is 55.3 Å². The molecule has 4 rings (SSSR count). The van der Waals surface area contributed by atoms with E-state index in [0.29, 0.717) is 27.6 Å². The molecule has 0 N–H and O–H groups in total. The molecule has 0 saturated carbocycles. The number of halogens is 4. The minimum absolute atomic E-state index is 0.0367. The molecule has 180 valence electrons. The minimum atomic E-state index is -3.33. The van der Waals surface area contributed by atoms with E-state index >= 15 is 0 Å². The van der Waals surface area contributed by atoms with Gasteiger partial charge in [0.1, 0.15) is 18.0 Å². The number of fused-ring (bicyclic) bond motifs is 3. The van der Waals surface area contributed by atoms with Crippen LogP contribution in [0.15, 0.2) is 36.4 Å². The van der Waals surface area contributed by atoms with Gasteiger partial charge in [0.2, 0.25) is 5.82 Å². The number of aromatic nitrogens is 3. The maximum absolute atomic E-state index is 14.6. The predicted octanol–water partition coefficient (Wildman–Crippen LogP) is 5.81. The van der Waals surface area contributed by atoms with Gasteiger partial charge in [-0.05, 0) is 31.2 Å². The fraction of sp³-hybridized carbons (Fsp3) is 0.348. The molecule has 2 atom stereocenters. The molecular weight excluding hydrogens is 491 g/mol. The summed E-state index contributed by atoms with van der Waals surface area (Å²) >= 11 is 12.9. The van der Waals surface area contributed by atoms with Gasteiger partial charge in [0.25, 0.3) is 0 Å². The normalized spacial score (nSPS) is 17.5. The molecule has 0 radical (unpaired) electrons. The molecule has 0 fully saturated rings. The van der Waals surface area contributed by atoms with Crippen molar-refractivity contribution >= 4 is 29.2 Å². The van der Waals surface area contributed by atoms with Crippen molar-refractivity contribution in [1.29, 1.82) is 0 Å². The number of benzene rings is 2. The highest BCUT2D eigenvalue weighted by atomic mass is 35.5. The van der Waals surface area contributed by atoms with Gasteiger partial charge in [-0.3, -0.25) is 9.36 Å².